The van der Waals surface area contributed by atoms with Crippen molar-refractivity contribution in [3.63, 3.8) is 0 Å². The van der Waals surface area contributed by atoms with Crippen molar-refractivity contribution < 1.29 is 8.42 Å². The number of piperazine rings is 1. The molecule has 0 unspecified atom stereocenters. The van der Waals surface area contributed by atoms with Crippen LogP contribution in [0.1, 0.15) is 27.7 Å². The van der Waals surface area contributed by atoms with Crippen molar-refractivity contribution in [1.29, 1.82) is 5.41 Å². The van der Waals surface area contributed by atoms with Gasteiger partial charge in [0.1, 0.15) is 5.84 Å². The second-order valence-corrected chi connectivity index (χ2v) is 7.94. The number of sulfonamides is 1. The topological polar surface area (TPSA) is 90.5 Å². The van der Waals surface area contributed by atoms with E-state index in [0.29, 0.717) is 26.2 Å². The van der Waals surface area contributed by atoms with Crippen LogP contribution in [0.2, 0.25) is 0 Å². The highest BCUT2D eigenvalue weighted by molar-refractivity contribution is 7.89. The van der Waals surface area contributed by atoms with Crippen LogP contribution in [0.25, 0.3) is 0 Å². The first-order valence-electron chi connectivity index (χ1n) is 6.18. The molecule has 1 rings (SSSR count). The van der Waals surface area contributed by atoms with Crippen molar-refractivity contribution in [1.82, 2.24) is 9.21 Å². The number of rotatable bonds is 4. The van der Waals surface area contributed by atoms with Gasteiger partial charge in [-0.25, -0.2) is 8.42 Å². The summed E-state index contributed by atoms with van der Waals surface area (Å²) in [5.74, 6) is 0.114. The number of hydrogen-bond donors (Lipinski definition) is 2. The molecule has 0 atom stereocenters. The van der Waals surface area contributed by atoms with Gasteiger partial charge < -0.3 is 5.73 Å². The molecule has 7 heteroatoms. The molecular formula is C11H24N4O2S. The van der Waals surface area contributed by atoms with Gasteiger partial charge in [-0.3, -0.25) is 10.3 Å². The summed E-state index contributed by atoms with van der Waals surface area (Å²) in [5, 5.41) is 7.19. The Morgan fingerprint density at radius 3 is 2.00 bits per heavy atom. The first kappa shape index (κ1) is 15.4. The van der Waals surface area contributed by atoms with Crippen LogP contribution in [0, 0.1) is 5.41 Å². The summed E-state index contributed by atoms with van der Waals surface area (Å²) in [6, 6.07) is 0. The molecule has 0 amide bonds. The molecule has 0 bridgehead atoms. The fraction of sp³-hybridized carbons (Fsp3) is 0.909. The lowest BCUT2D eigenvalue weighted by atomic mass is 10.0. The van der Waals surface area contributed by atoms with E-state index in [9.17, 15) is 8.42 Å². The molecule has 1 aliphatic rings. The zero-order valence-corrected chi connectivity index (χ0v) is 12.4. The summed E-state index contributed by atoms with van der Waals surface area (Å²) < 4.78 is 25.6. The van der Waals surface area contributed by atoms with Crippen LogP contribution in [0.15, 0.2) is 0 Å². The van der Waals surface area contributed by atoms with Crippen molar-refractivity contribution >= 4 is 15.9 Å². The van der Waals surface area contributed by atoms with Gasteiger partial charge in [-0.1, -0.05) is 0 Å². The maximum Gasteiger partial charge on any atom is 0.216 e. The quantitative estimate of drug-likeness (QED) is 0.561. The normalized spacial score (nSPS) is 20.3. The molecule has 106 valence electrons. The van der Waals surface area contributed by atoms with E-state index in [-0.39, 0.29) is 11.1 Å². The molecule has 0 aromatic carbocycles. The van der Waals surface area contributed by atoms with Gasteiger partial charge in [0.25, 0.3) is 0 Å². The fourth-order valence-electron chi connectivity index (χ4n) is 1.97. The highest BCUT2D eigenvalue weighted by Gasteiger charge is 2.36. The van der Waals surface area contributed by atoms with Gasteiger partial charge >= 0.3 is 0 Å². The number of hydrogen-bond acceptors (Lipinski definition) is 4. The largest absolute Gasteiger partial charge is 0.386 e. The molecule has 1 fully saturated rings. The second kappa shape index (κ2) is 5.14. The van der Waals surface area contributed by atoms with Crippen LogP contribution < -0.4 is 5.73 Å². The molecule has 3 N–H and O–H groups in total. The Bertz CT molecular complexity index is 409. The van der Waals surface area contributed by atoms with Crippen LogP contribution >= 0.6 is 0 Å². The zero-order valence-electron chi connectivity index (χ0n) is 11.6. The lowest BCUT2D eigenvalue weighted by molar-refractivity contribution is 0.121. The predicted octanol–water partition coefficient (Wildman–Crippen LogP) is 0.0568. The van der Waals surface area contributed by atoms with Crippen LogP contribution in [0.4, 0.5) is 0 Å². The third kappa shape index (κ3) is 2.84. The van der Waals surface area contributed by atoms with Gasteiger partial charge in [0.05, 0.1) is 10.8 Å². The predicted molar refractivity (Wildman–Crippen MR) is 73.2 cm³/mol. The van der Waals surface area contributed by atoms with Crippen LogP contribution in [-0.2, 0) is 10.0 Å². The van der Waals surface area contributed by atoms with E-state index in [4.69, 9.17) is 11.1 Å². The Hall–Kier alpha value is -0.660. The number of nitrogens with one attached hydrogen (secondary N) is 1. The van der Waals surface area contributed by atoms with Crippen molar-refractivity contribution in [3.05, 3.63) is 0 Å². The Labute approximate surface area is 110 Å². The van der Waals surface area contributed by atoms with Gasteiger partial charge in [0.15, 0.2) is 0 Å². The standard InChI is InChI=1S/C11H24N4O2S/c1-9(2)18(16,17)15-7-5-14(6-8-15)11(3,4)10(12)13/h9H,5-8H2,1-4H3,(H3,12,13). The molecule has 0 spiro atoms. The minimum Gasteiger partial charge on any atom is -0.386 e. The SMILES string of the molecule is CC(C)S(=O)(=O)N1CCN(C(C)(C)C(=N)N)CC1. The Balaban J connectivity index is 2.71. The van der Waals surface area contributed by atoms with Gasteiger partial charge in [-0.05, 0) is 27.7 Å². The summed E-state index contributed by atoms with van der Waals surface area (Å²) in [6.45, 7) is 9.33. The van der Waals surface area contributed by atoms with Crippen LogP contribution in [-0.4, -0.2) is 60.4 Å². The molecule has 0 radical (unpaired) electrons. The van der Waals surface area contributed by atoms with Crippen molar-refractivity contribution in [2.24, 2.45) is 5.73 Å². The van der Waals surface area contributed by atoms with E-state index < -0.39 is 15.6 Å². The van der Waals surface area contributed by atoms with Crippen molar-refractivity contribution in [2.75, 3.05) is 26.2 Å². The lowest BCUT2D eigenvalue weighted by Crippen LogP contribution is -2.60. The number of nitrogens with two attached hydrogens (primary N) is 1. The Morgan fingerprint density at radius 2 is 1.67 bits per heavy atom. The first-order chi connectivity index (χ1) is 8.10. The number of nitrogens with zero attached hydrogens (tertiary/aromatic N) is 2. The van der Waals surface area contributed by atoms with Gasteiger partial charge in [0, 0.05) is 26.2 Å². The van der Waals surface area contributed by atoms with Crippen molar-refractivity contribution in [2.45, 2.75) is 38.5 Å². The van der Waals surface area contributed by atoms with Crippen LogP contribution in [0.5, 0.6) is 0 Å². The van der Waals surface area contributed by atoms with E-state index in [2.05, 4.69) is 4.90 Å². The monoisotopic (exact) mass is 276 g/mol. The van der Waals surface area contributed by atoms with E-state index in [0.717, 1.165) is 0 Å². The van der Waals surface area contributed by atoms with E-state index in [1.807, 2.05) is 13.8 Å². The van der Waals surface area contributed by atoms with Crippen molar-refractivity contribution in [3.8, 4) is 0 Å². The summed E-state index contributed by atoms with van der Waals surface area (Å²) in [5.41, 5.74) is 5.07. The molecule has 6 nitrogen and oxygen atoms in total. The second-order valence-electron chi connectivity index (χ2n) is 5.45. The fourth-order valence-corrected chi connectivity index (χ4v) is 3.24. The van der Waals surface area contributed by atoms with E-state index in [1.54, 1.807) is 13.8 Å². The van der Waals surface area contributed by atoms with Gasteiger partial charge in [0.2, 0.25) is 10.0 Å². The number of amidine groups is 1. The lowest BCUT2D eigenvalue weighted by Gasteiger charge is -2.43. The van der Waals surface area contributed by atoms with Gasteiger partial charge in [-0.2, -0.15) is 4.31 Å². The molecule has 1 saturated heterocycles. The van der Waals surface area contributed by atoms with E-state index >= 15 is 0 Å². The Morgan fingerprint density at radius 1 is 1.22 bits per heavy atom. The summed E-state index contributed by atoms with van der Waals surface area (Å²) in [4.78, 5) is 2.06. The minimum absolute atomic E-state index is 0.114. The average Bonchev–Trinajstić information content (AvgIpc) is 2.28. The summed E-state index contributed by atoms with van der Waals surface area (Å²) >= 11 is 0. The summed E-state index contributed by atoms with van der Waals surface area (Å²) in [7, 11) is -3.17. The van der Waals surface area contributed by atoms with E-state index in [1.165, 1.54) is 4.31 Å². The summed E-state index contributed by atoms with van der Waals surface area (Å²) in [6.07, 6.45) is 0. The molecule has 18 heavy (non-hydrogen) atoms. The molecule has 0 aromatic rings. The molecule has 0 aliphatic carbocycles. The highest BCUT2D eigenvalue weighted by Crippen LogP contribution is 2.19. The maximum atomic E-state index is 12.0. The molecular weight excluding hydrogens is 252 g/mol. The smallest absolute Gasteiger partial charge is 0.216 e. The third-order valence-electron chi connectivity index (χ3n) is 3.64. The van der Waals surface area contributed by atoms with Crippen LogP contribution in [0.3, 0.4) is 0 Å². The van der Waals surface area contributed by atoms with Gasteiger partial charge in [-0.15, -0.1) is 0 Å². The highest BCUT2D eigenvalue weighted by atomic mass is 32.2. The average molecular weight is 276 g/mol. The Kier molecular flexibility index (Phi) is 4.40. The molecule has 1 aliphatic heterocycles. The first-order valence-corrected chi connectivity index (χ1v) is 7.69. The molecule has 0 saturated carbocycles. The molecule has 0 aromatic heterocycles. The maximum absolute atomic E-state index is 12.0. The zero-order chi connectivity index (χ0) is 14.1. The minimum atomic E-state index is -3.17. The molecule has 1 heterocycles. The third-order valence-corrected chi connectivity index (χ3v) is 5.92.